The number of rotatable bonds is 0. The van der Waals surface area contributed by atoms with Gasteiger partial charge < -0.3 is 0 Å². The SMILES string of the molecule is FC(F)(F)c1[c]n2cnnc2cc1. The summed E-state index contributed by atoms with van der Waals surface area (Å²) in [6, 6.07) is 2.16. The molecule has 0 aliphatic carbocycles. The molecular formula is C7H3F3N3. The third-order valence-electron chi connectivity index (χ3n) is 1.52. The van der Waals surface area contributed by atoms with Crippen molar-refractivity contribution in [1.82, 2.24) is 14.6 Å². The van der Waals surface area contributed by atoms with Gasteiger partial charge in [0, 0.05) is 0 Å². The number of aromatic nitrogens is 3. The largest absolute Gasteiger partial charge is 0.418 e. The van der Waals surface area contributed by atoms with Crippen LogP contribution in [-0.4, -0.2) is 14.6 Å². The monoisotopic (exact) mass is 186 g/mol. The van der Waals surface area contributed by atoms with Gasteiger partial charge in [-0.15, -0.1) is 10.2 Å². The van der Waals surface area contributed by atoms with Crippen LogP contribution >= 0.6 is 0 Å². The van der Waals surface area contributed by atoms with Crippen molar-refractivity contribution in [2.75, 3.05) is 0 Å². The molecule has 0 aliphatic heterocycles. The van der Waals surface area contributed by atoms with Gasteiger partial charge in [0.25, 0.3) is 0 Å². The Labute approximate surface area is 70.8 Å². The maximum atomic E-state index is 12.1. The summed E-state index contributed by atoms with van der Waals surface area (Å²) in [6.45, 7) is 0. The molecule has 0 saturated carbocycles. The van der Waals surface area contributed by atoms with E-state index < -0.39 is 11.7 Å². The molecule has 6 heteroatoms. The molecule has 0 amide bonds. The summed E-state index contributed by atoms with van der Waals surface area (Å²) in [7, 11) is 0. The third-order valence-corrected chi connectivity index (χ3v) is 1.52. The van der Waals surface area contributed by atoms with E-state index in [1.807, 2.05) is 0 Å². The molecule has 2 aromatic heterocycles. The molecule has 13 heavy (non-hydrogen) atoms. The molecule has 0 fully saturated rings. The molecule has 0 atom stereocenters. The number of hydrogen-bond acceptors (Lipinski definition) is 2. The van der Waals surface area contributed by atoms with E-state index in [9.17, 15) is 13.2 Å². The Hall–Kier alpha value is -1.59. The Balaban J connectivity index is 2.61. The zero-order valence-corrected chi connectivity index (χ0v) is 6.21. The molecule has 0 spiro atoms. The van der Waals surface area contributed by atoms with Crippen LogP contribution in [-0.2, 0) is 6.18 Å². The molecular weight excluding hydrogens is 183 g/mol. The predicted molar refractivity (Wildman–Crippen MR) is 36.8 cm³/mol. The molecule has 2 aromatic rings. The standard InChI is InChI=1S/C7H3F3N3/c8-7(9,10)5-1-2-6-12-11-4-13(6)3-5/h1-2,4H. The van der Waals surface area contributed by atoms with E-state index >= 15 is 0 Å². The van der Waals surface area contributed by atoms with Gasteiger partial charge >= 0.3 is 6.18 Å². The van der Waals surface area contributed by atoms with Crippen LogP contribution in [0.15, 0.2) is 18.5 Å². The second-order valence-corrected chi connectivity index (χ2v) is 2.42. The number of hydrogen-bond donors (Lipinski definition) is 0. The molecule has 0 saturated heterocycles. The highest BCUT2D eigenvalue weighted by Gasteiger charge is 2.31. The summed E-state index contributed by atoms with van der Waals surface area (Å²) in [5.41, 5.74) is -0.493. The Morgan fingerprint density at radius 1 is 1.31 bits per heavy atom. The van der Waals surface area contributed by atoms with Gasteiger partial charge in [-0.3, -0.25) is 4.40 Å². The first-order valence-electron chi connectivity index (χ1n) is 3.36. The lowest BCUT2D eigenvalue weighted by molar-refractivity contribution is -0.138. The minimum absolute atomic E-state index is 0.341. The maximum Gasteiger partial charge on any atom is 0.418 e. The molecule has 3 nitrogen and oxygen atoms in total. The van der Waals surface area contributed by atoms with Crippen LogP contribution in [0.2, 0.25) is 0 Å². The zero-order chi connectivity index (χ0) is 9.47. The van der Waals surface area contributed by atoms with E-state index in [-0.39, 0.29) is 0 Å². The third kappa shape index (κ3) is 1.34. The number of pyridine rings is 1. The molecule has 0 N–H and O–H groups in total. The van der Waals surface area contributed by atoms with E-state index in [1.165, 1.54) is 12.4 Å². The number of alkyl halides is 3. The van der Waals surface area contributed by atoms with Crippen molar-refractivity contribution in [3.8, 4) is 0 Å². The summed E-state index contributed by atoms with van der Waals surface area (Å²) in [6.07, 6.45) is -1.09. The Morgan fingerprint density at radius 3 is 2.77 bits per heavy atom. The molecule has 2 heterocycles. The molecule has 0 unspecified atom stereocenters. The van der Waals surface area contributed by atoms with Crippen molar-refractivity contribution < 1.29 is 13.2 Å². The summed E-state index contributed by atoms with van der Waals surface area (Å²) in [4.78, 5) is 0. The van der Waals surface area contributed by atoms with Gasteiger partial charge in [0.1, 0.15) is 6.33 Å². The van der Waals surface area contributed by atoms with Crippen LogP contribution in [0.4, 0.5) is 13.2 Å². The van der Waals surface area contributed by atoms with Crippen LogP contribution < -0.4 is 0 Å². The minimum atomic E-state index is -4.38. The fraction of sp³-hybridized carbons (Fsp3) is 0.143. The van der Waals surface area contributed by atoms with Crippen molar-refractivity contribution in [3.63, 3.8) is 0 Å². The second kappa shape index (κ2) is 2.45. The molecule has 0 bridgehead atoms. The highest BCUT2D eigenvalue weighted by atomic mass is 19.4. The Kier molecular flexibility index (Phi) is 1.51. The fourth-order valence-corrected chi connectivity index (χ4v) is 0.927. The summed E-state index contributed by atoms with van der Waals surface area (Å²) >= 11 is 0. The van der Waals surface area contributed by atoms with Crippen LogP contribution in [0.25, 0.3) is 5.65 Å². The molecule has 2 rings (SSSR count). The van der Waals surface area contributed by atoms with Crippen LogP contribution in [0.5, 0.6) is 0 Å². The average Bonchev–Trinajstić information content (AvgIpc) is 2.47. The van der Waals surface area contributed by atoms with E-state index in [1.54, 1.807) is 0 Å². The van der Waals surface area contributed by atoms with Gasteiger partial charge in [0.2, 0.25) is 0 Å². The van der Waals surface area contributed by atoms with Crippen LogP contribution in [0, 0.1) is 6.20 Å². The average molecular weight is 186 g/mol. The van der Waals surface area contributed by atoms with Crippen molar-refractivity contribution in [3.05, 3.63) is 30.2 Å². The fourth-order valence-electron chi connectivity index (χ4n) is 0.927. The van der Waals surface area contributed by atoms with Crippen molar-refractivity contribution in [1.29, 1.82) is 0 Å². The van der Waals surface area contributed by atoms with Gasteiger partial charge in [0.15, 0.2) is 5.65 Å². The smallest absolute Gasteiger partial charge is 0.279 e. The van der Waals surface area contributed by atoms with E-state index in [4.69, 9.17) is 0 Å². The topological polar surface area (TPSA) is 30.2 Å². The first-order chi connectivity index (χ1) is 6.07. The number of halogens is 3. The predicted octanol–water partition coefficient (Wildman–Crippen LogP) is 1.55. The number of nitrogens with zero attached hydrogens (tertiary/aromatic N) is 3. The zero-order valence-electron chi connectivity index (χ0n) is 6.21. The molecule has 0 aliphatic rings. The minimum Gasteiger partial charge on any atom is -0.279 e. The van der Waals surface area contributed by atoms with E-state index in [0.29, 0.717) is 5.65 Å². The van der Waals surface area contributed by atoms with Gasteiger partial charge in [-0.1, -0.05) is 0 Å². The summed E-state index contributed by atoms with van der Waals surface area (Å²) in [5.74, 6) is 0. The Morgan fingerprint density at radius 2 is 2.08 bits per heavy atom. The lowest BCUT2D eigenvalue weighted by Crippen LogP contribution is -2.06. The first-order valence-corrected chi connectivity index (χ1v) is 3.36. The van der Waals surface area contributed by atoms with Gasteiger partial charge in [-0.25, -0.2) is 0 Å². The van der Waals surface area contributed by atoms with Crippen molar-refractivity contribution in [2.24, 2.45) is 0 Å². The summed E-state index contributed by atoms with van der Waals surface area (Å²) < 4.78 is 37.5. The summed E-state index contributed by atoms with van der Waals surface area (Å²) in [5, 5.41) is 7.00. The van der Waals surface area contributed by atoms with Crippen molar-refractivity contribution in [2.45, 2.75) is 6.18 Å². The Bertz CT molecular complexity index is 432. The van der Waals surface area contributed by atoms with Gasteiger partial charge in [-0.05, 0) is 12.1 Å². The lowest BCUT2D eigenvalue weighted by Gasteiger charge is -2.04. The van der Waals surface area contributed by atoms with Crippen molar-refractivity contribution >= 4 is 5.65 Å². The lowest BCUT2D eigenvalue weighted by atomic mass is 10.3. The molecule has 67 valence electrons. The van der Waals surface area contributed by atoms with Gasteiger partial charge in [0.05, 0.1) is 11.8 Å². The normalized spacial score (nSPS) is 12.2. The second-order valence-electron chi connectivity index (χ2n) is 2.42. The van der Waals surface area contributed by atoms with E-state index in [0.717, 1.165) is 10.5 Å². The van der Waals surface area contributed by atoms with Gasteiger partial charge in [-0.2, -0.15) is 13.2 Å². The molecule has 1 radical (unpaired) electrons. The maximum absolute atomic E-state index is 12.1. The molecule has 0 aromatic carbocycles. The first kappa shape index (κ1) is 8.03. The van der Waals surface area contributed by atoms with Crippen LogP contribution in [0.3, 0.4) is 0 Å². The quantitative estimate of drug-likeness (QED) is 0.624. The number of fused-ring (bicyclic) bond motifs is 1. The highest BCUT2D eigenvalue weighted by Crippen LogP contribution is 2.28. The highest BCUT2D eigenvalue weighted by molar-refractivity contribution is 5.37. The van der Waals surface area contributed by atoms with E-state index in [2.05, 4.69) is 16.4 Å². The van der Waals surface area contributed by atoms with Crippen LogP contribution in [0.1, 0.15) is 5.56 Å².